The van der Waals surface area contributed by atoms with E-state index < -0.39 is 0 Å². The van der Waals surface area contributed by atoms with E-state index >= 15 is 0 Å². The average Bonchev–Trinajstić information content (AvgIpc) is 3.28. The molecule has 3 heterocycles. The van der Waals surface area contributed by atoms with Gasteiger partial charge in [0.2, 0.25) is 0 Å². The van der Waals surface area contributed by atoms with Crippen molar-refractivity contribution in [3.63, 3.8) is 0 Å². The first-order valence-electron chi connectivity index (χ1n) is 12.5. The summed E-state index contributed by atoms with van der Waals surface area (Å²) in [4.78, 5) is 29.8. The van der Waals surface area contributed by atoms with Crippen molar-refractivity contribution in [2.24, 2.45) is 5.41 Å². The van der Waals surface area contributed by atoms with Gasteiger partial charge in [-0.15, -0.1) is 0 Å². The van der Waals surface area contributed by atoms with Gasteiger partial charge in [-0.25, -0.2) is 15.0 Å². The van der Waals surface area contributed by atoms with Crippen LogP contribution in [0.5, 0.6) is 0 Å². The minimum atomic E-state index is -0.177. The number of benzene rings is 2. The van der Waals surface area contributed by atoms with E-state index in [2.05, 4.69) is 39.1 Å². The first-order valence-corrected chi connectivity index (χ1v) is 13.7. The molecule has 0 N–H and O–H groups in total. The van der Waals surface area contributed by atoms with Gasteiger partial charge in [0.1, 0.15) is 10.8 Å². The number of aromatic nitrogens is 4. The summed E-state index contributed by atoms with van der Waals surface area (Å²) >= 11 is 8.09. The summed E-state index contributed by atoms with van der Waals surface area (Å²) in [7, 11) is 1.60. The maximum atomic E-state index is 13.0. The highest BCUT2D eigenvalue weighted by molar-refractivity contribution is 7.99. The van der Waals surface area contributed by atoms with Crippen LogP contribution >= 0.6 is 23.4 Å². The molecule has 9 heteroatoms. The number of halogens is 1. The van der Waals surface area contributed by atoms with Gasteiger partial charge in [0.15, 0.2) is 0 Å². The number of hydrogen-bond acceptors (Lipinski definition) is 7. The second kappa shape index (κ2) is 10.1. The van der Waals surface area contributed by atoms with Crippen molar-refractivity contribution < 1.29 is 4.74 Å². The summed E-state index contributed by atoms with van der Waals surface area (Å²) in [5.74, 6) is 0.907. The molecule has 0 saturated carbocycles. The Hall–Kier alpha value is -2.94. The number of nitrogens with zero attached hydrogens (tertiary/aromatic N) is 5. The zero-order valence-corrected chi connectivity index (χ0v) is 22.3. The number of rotatable bonds is 6. The van der Waals surface area contributed by atoms with Gasteiger partial charge in [-0.1, -0.05) is 47.6 Å². The Morgan fingerprint density at radius 2 is 1.78 bits per heavy atom. The van der Waals surface area contributed by atoms with Crippen molar-refractivity contribution in [3.05, 3.63) is 81.6 Å². The van der Waals surface area contributed by atoms with Gasteiger partial charge >= 0.3 is 0 Å². The first-order chi connectivity index (χ1) is 18.0. The quantitative estimate of drug-likeness (QED) is 0.344. The van der Waals surface area contributed by atoms with E-state index in [0.717, 1.165) is 28.8 Å². The third kappa shape index (κ3) is 4.74. The second-order valence-electron chi connectivity index (χ2n) is 9.93. The topological polar surface area (TPSA) is 73.1 Å². The Labute approximate surface area is 224 Å². The van der Waals surface area contributed by atoms with E-state index in [1.165, 1.54) is 59.5 Å². The largest absolute Gasteiger partial charge is 0.383 e. The molecular formula is C28H28ClN5O2S. The summed E-state index contributed by atoms with van der Waals surface area (Å²) in [6, 6.07) is 12.6. The molecule has 2 aliphatic rings. The molecule has 1 aliphatic carbocycles. The SMILES string of the molecule is COCCn1cnc2ccc(Sc3cnc(N4CCC5(CC4)Cc4ccccc4C5)cn3)c(Cl)c2c1=O. The lowest BCUT2D eigenvalue weighted by Gasteiger charge is -2.39. The summed E-state index contributed by atoms with van der Waals surface area (Å²) < 4.78 is 6.62. The van der Waals surface area contributed by atoms with E-state index in [0.29, 0.717) is 34.5 Å². The molecule has 7 nitrogen and oxygen atoms in total. The van der Waals surface area contributed by atoms with E-state index in [9.17, 15) is 4.79 Å². The predicted molar refractivity (Wildman–Crippen MR) is 147 cm³/mol. The minimum Gasteiger partial charge on any atom is -0.383 e. The lowest BCUT2D eigenvalue weighted by Crippen LogP contribution is -2.41. The van der Waals surface area contributed by atoms with Crippen LogP contribution in [0.1, 0.15) is 24.0 Å². The Balaban J connectivity index is 1.15. The average molecular weight is 534 g/mol. The molecule has 2 aromatic carbocycles. The highest BCUT2D eigenvalue weighted by atomic mass is 35.5. The molecule has 190 valence electrons. The van der Waals surface area contributed by atoms with Gasteiger partial charge < -0.3 is 9.64 Å². The number of ether oxygens (including phenoxy) is 1. The molecule has 0 atom stereocenters. The fraction of sp³-hybridized carbons (Fsp3) is 0.357. The summed E-state index contributed by atoms with van der Waals surface area (Å²) in [6.07, 6.45) is 9.89. The molecule has 0 bridgehead atoms. The summed E-state index contributed by atoms with van der Waals surface area (Å²) in [5, 5.41) is 1.52. The molecule has 1 fully saturated rings. The lowest BCUT2D eigenvalue weighted by molar-refractivity contribution is 0.186. The van der Waals surface area contributed by atoms with Crippen LogP contribution in [0, 0.1) is 5.41 Å². The minimum absolute atomic E-state index is 0.177. The van der Waals surface area contributed by atoms with E-state index in [1.807, 2.05) is 18.3 Å². The molecule has 1 saturated heterocycles. The highest BCUT2D eigenvalue weighted by Gasteiger charge is 2.39. The lowest BCUT2D eigenvalue weighted by atomic mass is 9.76. The maximum absolute atomic E-state index is 13.0. The van der Waals surface area contributed by atoms with Crippen LogP contribution < -0.4 is 10.5 Å². The number of methoxy groups -OCH3 is 1. The highest BCUT2D eigenvalue weighted by Crippen LogP contribution is 2.45. The molecule has 0 radical (unpaired) electrons. The summed E-state index contributed by atoms with van der Waals surface area (Å²) in [6.45, 7) is 2.83. The van der Waals surface area contributed by atoms with Crippen LogP contribution in [-0.4, -0.2) is 46.3 Å². The predicted octanol–water partition coefficient (Wildman–Crippen LogP) is 5.02. The van der Waals surface area contributed by atoms with Gasteiger partial charge in [0.25, 0.3) is 5.56 Å². The smallest absolute Gasteiger partial charge is 0.262 e. The fourth-order valence-electron chi connectivity index (χ4n) is 5.59. The van der Waals surface area contributed by atoms with Crippen LogP contribution in [0.2, 0.25) is 5.02 Å². The Morgan fingerprint density at radius 1 is 1.03 bits per heavy atom. The van der Waals surface area contributed by atoms with Gasteiger partial charge in [-0.05, 0) is 54.4 Å². The van der Waals surface area contributed by atoms with Gasteiger partial charge in [0, 0.05) is 25.1 Å². The molecule has 1 aliphatic heterocycles. The zero-order valence-electron chi connectivity index (χ0n) is 20.7. The van der Waals surface area contributed by atoms with Crippen molar-refractivity contribution in [1.82, 2.24) is 19.5 Å². The normalized spacial score (nSPS) is 16.4. The Morgan fingerprint density at radius 3 is 2.46 bits per heavy atom. The second-order valence-corrected chi connectivity index (χ2v) is 11.4. The van der Waals surface area contributed by atoms with Crippen molar-refractivity contribution in [3.8, 4) is 0 Å². The van der Waals surface area contributed by atoms with Crippen molar-refractivity contribution in [1.29, 1.82) is 0 Å². The van der Waals surface area contributed by atoms with Gasteiger partial charge in [-0.2, -0.15) is 0 Å². The van der Waals surface area contributed by atoms with Crippen LogP contribution in [-0.2, 0) is 24.1 Å². The monoisotopic (exact) mass is 533 g/mol. The molecule has 37 heavy (non-hydrogen) atoms. The molecular weight excluding hydrogens is 506 g/mol. The number of fused-ring (bicyclic) bond motifs is 2. The third-order valence-electron chi connectivity index (χ3n) is 7.66. The van der Waals surface area contributed by atoms with E-state index in [1.54, 1.807) is 13.3 Å². The van der Waals surface area contributed by atoms with Crippen molar-refractivity contribution >= 4 is 40.1 Å². The van der Waals surface area contributed by atoms with Crippen LogP contribution in [0.3, 0.4) is 0 Å². The Kier molecular flexibility index (Phi) is 6.65. The molecule has 4 aromatic rings. The molecule has 1 spiro atoms. The van der Waals surface area contributed by atoms with Crippen molar-refractivity contribution in [2.45, 2.75) is 42.1 Å². The molecule has 2 aromatic heterocycles. The molecule has 6 rings (SSSR count). The fourth-order valence-corrected chi connectivity index (χ4v) is 6.71. The first kappa shape index (κ1) is 24.4. The summed E-state index contributed by atoms with van der Waals surface area (Å²) in [5.41, 5.74) is 3.84. The van der Waals surface area contributed by atoms with E-state index in [-0.39, 0.29) is 5.56 Å². The van der Waals surface area contributed by atoms with Crippen LogP contribution in [0.15, 0.2) is 69.8 Å². The van der Waals surface area contributed by atoms with E-state index in [4.69, 9.17) is 21.3 Å². The van der Waals surface area contributed by atoms with Crippen LogP contribution in [0.25, 0.3) is 10.9 Å². The van der Waals surface area contributed by atoms with Gasteiger partial charge in [0.05, 0.1) is 47.8 Å². The van der Waals surface area contributed by atoms with Gasteiger partial charge in [-0.3, -0.25) is 9.36 Å². The Bertz CT molecular complexity index is 1470. The number of piperidine rings is 1. The maximum Gasteiger partial charge on any atom is 0.262 e. The molecule has 0 unspecified atom stereocenters. The third-order valence-corrected chi connectivity index (χ3v) is 9.14. The zero-order chi connectivity index (χ0) is 25.4. The number of hydrogen-bond donors (Lipinski definition) is 0. The van der Waals surface area contributed by atoms with Crippen LogP contribution in [0.4, 0.5) is 5.82 Å². The molecule has 0 amide bonds. The number of anilines is 1. The van der Waals surface area contributed by atoms with Crippen molar-refractivity contribution in [2.75, 3.05) is 31.7 Å². The standard InChI is InChI=1S/C28H28ClN5O2S/c1-36-13-12-34-18-32-21-6-7-22(26(29)25(21)27(34)35)37-24-17-30-23(16-31-24)33-10-8-28(9-11-33)14-19-4-2-3-5-20(19)15-28/h2-7,16-18H,8-15H2,1H3.